The highest BCUT2D eigenvalue weighted by Gasteiger charge is 2.13. The second kappa shape index (κ2) is 8.67. The van der Waals surface area contributed by atoms with E-state index < -0.39 is 0 Å². The number of hydrogen-bond acceptors (Lipinski definition) is 4. The Morgan fingerprint density at radius 3 is 2.52 bits per heavy atom. The van der Waals surface area contributed by atoms with Gasteiger partial charge >= 0.3 is 0 Å². The van der Waals surface area contributed by atoms with Crippen LogP contribution in [0.3, 0.4) is 0 Å². The number of aldehydes is 1. The molecule has 0 aliphatic carbocycles. The molecule has 0 saturated carbocycles. The van der Waals surface area contributed by atoms with Gasteiger partial charge in [0.25, 0.3) is 5.91 Å². The summed E-state index contributed by atoms with van der Waals surface area (Å²) in [4.78, 5) is 22.7. The topological polar surface area (TPSA) is 64.6 Å². The number of benzene rings is 1. The van der Waals surface area contributed by atoms with E-state index in [0.717, 1.165) is 12.8 Å². The molecule has 0 saturated heterocycles. The summed E-state index contributed by atoms with van der Waals surface area (Å²) in [5, 5.41) is 2.88. The number of hydrogen-bond donors (Lipinski definition) is 1. The number of rotatable bonds is 8. The van der Waals surface area contributed by atoms with Gasteiger partial charge in [-0.05, 0) is 40.9 Å². The van der Waals surface area contributed by atoms with Crippen LogP contribution >= 0.6 is 15.9 Å². The fourth-order valence-corrected chi connectivity index (χ4v) is 2.23. The lowest BCUT2D eigenvalue weighted by Gasteiger charge is -2.16. The van der Waals surface area contributed by atoms with Gasteiger partial charge in [-0.15, -0.1) is 0 Å². The fraction of sp³-hybridized carbons (Fsp3) is 0.467. The molecular weight excluding hydrogens is 338 g/mol. The summed E-state index contributed by atoms with van der Waals surface area (Å²) in [6, 6.07) is 3.33. The summed E-state index contributed by atoms with van der Waals surface area (Å²) >= 11 is 3.27. The molecule has 5 nitrogen and oxygen atoms in total. The van der Waals surface area contributed by atoms with E-state index in [0.29, 0.717) is 27.8 Å². The van der Waals surface area contributed by atoms with E-state index in [2.05, 4.69) is 21.2 Å². The van der Waals surface area contributed by atoms with Crippen LogP contribution in [-0.2, 0) is 4.79 Å². The van der Waals surface area contributed by atoms with Crippen molar-refractivity contribution in [1.29, 1.82) is 0 Å². The lowest BCUT2D eigenvalue weighted by molar-refractivity contribution is -0.123. The first-order valence-corrected chi connectivity index (χ1v) is 7.59. The molecule has 0 bridgehead atoms. The van der Waals surface area contributed by atoms with Gasteiger partial charge in [-0.25, -0.2) is 0 Å². The molecule has 1 N–H and O–H groups in total. The van der Waals surface area contributed by atoms with E-state index in [1.54, 1.807) is 12.1 Å². The zero-order valence-corrected chi connectivity index (χ0v) is 14.0. The van der Waals surface area contributed by atoms with Crippen molar-refractivity contribution in [1.82, 2.24) is 5.32 Å². The Labute approximate surface area is 133 Å². The van der Waals surface area contributed by atoms with Crippen molar-refractivity contribution in [3.8, 4) is 11.5 Å². The second-order valence-corrected chi connectivity index (χ2v) is 5.37. The van der Waals surface area contributed by atoms with E-state index in [1.807, 2.05) is 13.8 Å². The Balaban J connectivity index is 2.74. The molecule has 0 fully saturated rings. The van der Waals surface area contributed by atoms with E-state index in [4.69, 9.17) is 9.47 Å². The predicted molar refractivity (Wildman–Crippen MR) is 84.1 cm³/mol. The summed E-state index contributed by atoms with van der Waals surface area (Å²) in [5.41, 5.74) is 0.436. The van der Waals surface area contributed by atoms with Crippen LogP contribution in [0, 0.1) is 0 Å². The van der Waals surface area contributed by atoms with Gasteiger partial charge in [0.2, 0.25) is 0 Å². The largest absolute Gasteiger partial charge is 0.493 e. The standard InChI is InChI=1S/C15H20BrNO4/c1-4-11(5-2)17-15(19)9-21-14-6-10(8-18)12(16)7-13(14)20-3/h6-8,11H,4-5,9H2,1-3H3,(H,17,19). The lowest BCUT2D eigenvalue weighted by atomic mass is 10.2. The first-order valence-electron chi connectivity index (χ1n) is 6.80. The van der Waals surface area contributed by atoms with Gasteiger partial charge < -0.3 is 14.8 Å². The Kier molecular flexibility index (Phi) is 7.22. The number of carbonyl (C=O) groups excluding carboxylic acids is 2. The Bertz CT molecular complexity index is 501. The first kappa shape index (κ1) is 17.5. The van der Waals surface area contributed by atoms with Crippen molar-refractivity contribution in [3.05, 3.63) is 22.2 Å². The third-order valence-electron chi connectivity index (χ3n) is 3.12. The van der Waals surface area contributed by atoms with Crippen LogP contribution in [0.5, 0.6) is 11.5 Å². The number of amides is 1. The second-order valence-electron chi connectivity index (χ2n) is 4.51. The van der Waals surface area contributed by atoms with Crippen molar-refractivity contribution in [3.63, 3.8) is 0 Å². The molecule has 0 heterocycles. The maximum atomic E-state index is 11.8. The third kappa shape index (κ3) is 5.04. The average Bonchev–Trinajstić information content (AvgIpc) is 2.50. The number of halogens is 1. The van der Waals surface area contributed by atoms with E-state index >= 15 is 0 Å². The van der Waals surface area contributed by atoms with Crippen LogP contribution in [0.4, 0.5) is 0 Å². The van der Waals surface area contributed by atoms with E-state index in [1.165, 1.54) is 7.11 Å². The van der Waals surface area contributed by atoms with Crippen LogP contribution in [-0.4, -0.2) is 32.0 Å². The molecule has 1 aromatic rings. The minimum absolute atomic E-state index is 0.118. The molecule has 0 atom stereocenters. The molecule has 0 aliphatic rings. The SMILES string of the molecule is CCC(CC)NC(=O)COc1cc(C=O)c(Br)cc1OC. The minimum atomic E-state index is -0.193. The van der Waals surface area contributed by atoms with Crippen molar-refractivity contribution in [2.75, 3.05) is 13.7 Å². The zero-order valence-electron chi connectivity index (χ0n) is 12.4. The molecule has 0 aromatic heterocycles. The molecule has 0 radical (unpaired) electrons. The normalized spacial score (nSPS) is 10.3. The van der Waals surface area contributed by atoms with Gasteiger partial charge in [0, 0.05) is 16.1 Å². The van der Waals surface area contributed by atoms with Gasteiger partial charge in [0.15, 0.2) is 24.4 Å². The molecule has 21 heavy (non-hydrogen) atoms. The molecule has 1 rings (SSSR count). The molecule has 0 aliphatic heterocycles. The molecule has 0 spiro atoms. The molecule has 1 amide bonds. The highest BCUT2D eigenvalue weighted by Crippen LogP contribution is 2.32. The summed E-state index contributed by atoms with van der Waals surface area (Å²) < 4.78 is 11.3. The molecule has 0 unspecified atom stereocenters. The van der Waals surface area contributed by atoms with Crippen molar-refractivity contribution in [2.24, 2.45) is 0 Å². The van der Waals surface area contributed by atoms with E-state index in [9.17, 15) is 9.59 Å². The van der Waals surface area contributed by atoms with Crippen LogP contribution in [0.1, 0.15) is 37.0 Å². The predicted octanol–water partition coefficient (Wildman–Crippen LogP) is 2.95. The van der Waals surface area contributed by atoms with Gasteiger partial charge in [-0.1, -0.05) is 13.8 Å². The summed E-state index contributed by atoms with van der Waals surface area (Å²) in [7, 11) is 1.50. The summed E-state index contributed by atoms with van der Waals surface area (Å²) in [6.45, 7) is 3.92. The average molecular weight is 358 g/mol. The van der Waals surface area contributed by atoms with Gasteiger partial charge in [-0.3, -0.25) is 9.59 Å². The monoisotopic (exact) mass is 357 g/mol. The van der Waals surface area contributed by atoms with Crippen molar-refractivity contribution < 1.29 is 19.1 Å². The zero-order chi connectivity index (χ0) is 15.8. The quantitative estimate of drug-likeness (QED) is 0.726. The highest BCUT2D eigenvalue weighted by atomic mass is 79.9. The molecule has 1 aromatic carbocycles. The van der Waals surface area contributed by atoms with Crippen LogP contribution in [0.15, 0.2) is 16.6 Å². The van der Waals surface area contributed by atoms with Crippen LogP contribution in [0.2, 0.25) is 0 Å². The number of methoxy groups -OCH3 is 1. The smallest absolute Gasteiger partial charge is 0.258 e. The number of nitrogens with one attached hydrogen (secondary N) is 1. The molecule has 6 heteroatoms. The lowest BCUT2D eigenvalue weighted by Crippen LogP contribution is -2.37. The maximum Gasteiger partial charge on any atom is 0.258 e. The number of ether oxygens (including phenoxy) is 2. The summed E-state index contributed by atoms with van der Waals surface area (Å²) in [5.74, 6) is 0.631. The Morgan fingerprint density at radius 2 is 2.00 bits per heavy atom. The molecular formula is C15H20BrNO4. The minimum Gasteiger partial charge on any atom is -0.493 e. The van der Waals surface area contributed by atoms with Gasteiger partial charge in [0.1, 0.15) is 0 Å². The first-order chi connectivity index (χ1) is 10.0. The van der Waals surface area contributed by atoms with Crippen molar-refractivity contribution >= 4 is 28.1 Å². The number of carbonyl (C=O) groups is 2. The Morgan fingerprint density at radius 1 is 1.33 bits per heavy atom. The van der Waals surface area contributed by atoms with E-state index in [-0.39, 0.29) is 18.6 Å². The van der Waals surface area contributed by atoms with Gasteiger partial charge in [0.05, 0.1) is 7.11 Å². The highest BCUT2D eigenvalue weighted by molar-refractivity contribution is 9.10. The maximum absolute atomic E-state index is 11.8. The van der Waals surface area contributed by atoms with Crippen molar-refractivity contribution in [2.45, 2.75) is 32.7 Å². The van der Waals surface area contributed by atoms with Gasteiger partial charge in [-0.2, -0.15) is 0 Å². The fourth-order valence-electron chi connectivity index (χ4n) is 1.82. The third-order valence-corrected chi connectivity index (χ3v) is 3.81. The Hall–Kier alpha value is -1.56. The summed E-state index contributed by atoms with van der Waals surface area (Å²) in [6.07, 6.45) is 2.46. The molecule has 116 valence electrons. The van der Waals surface area contributed by atoms with Crippen LogP contribution < -0.4 is 14.8 Å². The van der Waals surface area contributed by atoms with Crippen LogP contribution in [0.25, 0.3) is 0 Å².